The Morgan fingerprint density at radius 3 is 2.90 bits per heavy atom. The Balaban J connectivity index is 2.14. The van der Waals surface area contributed by atoms with Crippen LogP contribution in [0.25, 0.3) is 0 Å². The molecule has 2 N–H and O–H groups in total. The van der Waals surface area contributed by atoms with Crippen molar-refractivity contribution < 1.29 is 14.7 Å². The number of carbonyl (C=O) groups excluding carboxylic acids is 1. The first-order valence-corrected chi connectivity index (χ1v) is 6.45. The SMILES string of the molecule is Cc1c(Br)cccc1NC(=O)c1cn(CC(=O)O)nn1. The van der Waals surface area contributed by atoms with Gasteiger partial charge in [0.25, 0.3) is 5.91 Å². The highest BCUT2D eigenvalue weighted by atomic mass is 79.9. The minimum Gasteiger partial charge on any atom is -0.480 e. The van der Waals surface area contributed by atoms with Crippen LogP contribution in [0, 0.1) is 6.92 Å². The Labute approximate surface area is 122 Å². The molecule has 0 radical (unpaired) electrons. The van der Waals surface area contributed by atoms with Crippen molar-refractivity contribution in [2.75, 3.05) is 5.32 Å². The van der Waals surface area contributed by atoms with Gasteiger partial charge in [0.2, 0.25) is 0 Å². The second kappa shape index (κ2) is 5.83. The molecular weight excluding hydrogens is 328 g/mol. The maximum absolute atomic E-state index is 12.0. The van der Waals surface area contributed by atoms with E-state index in [0.717, 1.165) is 14.7 Å². The number of hydrogen-bond acceptors (Lipinski definition) is 4. The summed E-state index contributed by atoms with van der Waals surface area (Å²) in [7, 11) is 0. The Morgan fingerprint density at radius 1 is 1.45 bits per heavy atom. The van der Waals surface area contributed by atoms with E-state index >= 15 is 0 Å². The number of nitrogens with zero attached hydrogens (tertiary/aromatic N) is 3. The molecule has 104 valence electrons. The number of benzene rings is 1. The van der Waals surface area contributed by atoms with Crippen LogP contribution in [-0.4, -0.2) is 32.0 Å². The average molecular weight is 339 g/mol. The maximum atomic E-state index is 12.0. The van der Waals surface area contributed by atoms with Crippen molar-refractivity contribution >= 4 is 33.5 Å². The molecule has 0 aliphatic heterocycles. The average Bonchev–Trinajstić information content (AvgIpc) is 2.82. The number of rotatable bonds is 4. The largest absolute Gasteiger partial charge is 0.480 e. The third-order valence-electron chi connectivity index (χ3n) is 2.58. The number of carbonyl (C=O) groups is 2. The minimum absolute atomic E-state index is 0.0608. The summed E-state index contributed by atoms with van der Waals surface area (Å²) < 4.78 is 1.97. The van der Waals surface area contributed by atoms with Crippen molar-refractivity contribution in [1.29, 1.82) is 0 Å². The fourth-order valence-electron chi connectivity index (χ4n) is 1.55. The van der Waals surface area contributed by atoms with Crippen molar-refractivity contribution in [3.05, 3.63) is 40.1 Å². The quantitative estimate of drug-likeness (QED) is 0.883. The first-order valence-electron chi connectivity index (χ1n) is 5.66. The molecule has 7 nitrogen and oxygen atoms in total. The van der Waals surface area contributed by atoms with Gasteiger partial charge in [-0.15, -0.1) is 5.10 Å². The minimum atomic E-state index is -1.05. The Bertz CT molecular complexity index is 668. The number of aliphatic carboxylic acids is 1. The van der Waals surface area contributed by atoms with E-state index < -0.39 is 11.9 Å². The lowest BCUT2D eigenvalue weighted by molar-refractivity contribution is -0.137. The first kappa shape index (κ1) is 14.2. The Kier molecular flexibility index (Phi) is 4.14. The Morgan fingerprint density at radius 2 is 2.20 bits per heavy atom. The summed E-state index contributed by atoms with van der Waals surface area (Å²) in [5.74, 6) is -1.49. The van der Waals surface area contributed by atoms with Gasteiger partial charge in [-0.25, -0.2) is 4.68 Å². The number of hydrogen-bond donors (Lipinski definition) is 2. The summed E-state index contributed by atoms with van der Waals surface area (Å²) >= 11 is 3.37. The molecule has 2 aromatic rings. The van der Waals surface area contributed by atoms with Crippen LogP contribution < -0.4 is 5.32 Å². The van der Waals surface area contributed by atoms with Crippen LogP contribution in [0.4, 0.5) is 5.69 Å². The molecule has 8 heteroatoms. The normalized spacial score (nSPS) is 10.3. The van der Waals surface area contributed by atoms with Gasteiger partial charge in [0.1, 0.15) is 6.54 Å². The molecule has 0 saturated carbocycles. The van der Waals surface area contributed by atoms with Gasteiger partial charge < -0.3 is 10.4 Å². The molecule has 1 aromatic carbocycles. The van der Waals surface area contributed by atoms with Crippen molar-refractivity contribution in [3.8, 4) is 0 Å². The number of nitrogens with one attached hydrogen (secondary N) is 1. The van der Waals surface area contributed by atoms with Gasteiger partial charge in [0, 0.05) is 10.2 Å². The van der Waals surface area contributed by atoms with Crippen LogP contribution in [0.15, 0.2) is 28.9 Å². The summed E-state index contributed by atoms with van der Waals surface area (Å²) in [5, 5.41) is 18.5. The number of amides is 1. The summed E-state index contributed by atoms with van der Waals surface area (Å²) in [5.41, 5.74) is 1.60. The van der Waals surface area contributed by atoms with E-state index in [4.69, 9.17) is 5.11 Å². The number of carboxylic acid groups (broad SMARTS) is 1. The molecule has 0 aliphatic carbocycles. The van der Waals surface area contributed by atoms with Crippen LogP contribution >= 0.6 is 15.9 Å². The van der Waals surface area contributed by atoms with Gasteiger partial charge in [-0.1, -0.05) is 27.2 Å². The van der Waals surface area contributed by atoms with E-state index in [0.29, 0.717) is 5.69 Å². The van der Waals surface area contributed by atoms with Gasteiger partial charge >= 0.3 is 5.97 Å². The van der Waals surface area contributed by atoms with Crippen molar-refractivity contribution in [3.63, 3.8) is 0 Å². The van der Waals surface area contributed by atoms with E-state index in [1.54, 1.807) is 12.1 Å². The van der Waals surface area contributed by atoms with Crippen LogP contribution in [0.5, 0.6) is 0 Å². The Hall–Kier alpha value is -2.22. The fourth-order valence-corrected chi connectivity index (χ4v) is 1.91. The summed E-state index contributed by atoms with van der Waals surface area (Å²) in [6.45, 7) is 1.52. The number of halogens is 1. The van der Waals surface area contributed by atoms with Gasteiger partial charge in [-0.3, -0.25) is 9.59 Å². The molecule has 0 atom stereocenters. The lowest BCUT2D eigenvalue weighted by Crippen LogP contribution is -2.13. The zero-order chi connectivity index (χ0) is 14.7. The number of aromatic nitrogens is 3. The highest BCUT2D eigenvalue weighted by Crippen LogP contribution is 2.23. The van der Waals surface area contributed by atoms with Gasteiger partial charge in [0.05, 0.1) is 6.20 Å². The predicted octanol–water partition coefficient (Wildman–Crippen LogP) is 1.69. The van der Waals surface area contributed by atoms with E-state index in [-0.39, 0.29) is 12.2 Å². The molecule has 0 bridgehead atoms. The molecule has 0 saturated heterocycles. The van der Waals surface area contributed by atoms with E-state index in [9.17, 15) is 9.59 Å². The molecule has 1 heterocycles. The summed E-state index contributed by atoms with van der Waals surface area (Å²) in [4.78, 5) is 22.5. The molecular formula is C12H11BrN4O3. The summed E-state index contributed by atoms with van der Waals surface area (Å²) in [6, 6.07) is 5.43. The van der Waals surface area contributed by atoms with E-state index in [2.05, 4.69) is 31.6 Å². The monoisotopic (exact) mass is 338 g/mol. The van der Waals surface area contributed by atoms with E-state index in [1.807, 2.05) is 13.0 Å². The maximum Gasteiger partial charge on any atom is 0.325 e. The fraction of sp³-hybridized carbons (Fsp3) is 0.167. The van der Waals surface area contributed by atoms with Crippen molar-refractivity contribution in [2.24, 2.45) is 0 Å². The molecule has 0 aliphatic rings. The zero-order valence-corrected chi connectivity index (χ0v) is 12.1. The van der Waals surface area contributed by atoms with Gasteiger partial charge in [-0.2, -0.15) is 0 Å². The molecule has 1 aromatic heterocycles. The zero-order valence-electron chi connectivity index (χ0n) is 10.5. The second-order valence-electron chi connectivity index (χ2n) is 4.06. The van der Waals surface area contributed by atoms with Crippen LogP contribution in [0.3, 0.4) is 0 Å². The van der Waals surface area contributed by atoms with Crippen molar-refractivity contribution in [2.45, 2.75) is 13.5 Å². The lowest BCUT2D eigenvalue weighted by atomic mass is 10.2. The van der Waals surface area contributed by atoms with Crippen LogP contribution in [0.2, 0.25) is 0 Å². The molecule has 0 fully saturated rings. The van der Waals surface area contributed by atoms with Crippen LogP contribution in [-0.2, 0) is 11.3 Å². The van der Waals surface area contributed by atoms with Gasteiger partial charge in [-0.05, 0) is 24.6 Å². The topological polar surface area (TPSA) is 97.1 Å². The molecule has 0 spiro atoms. The molecule has 0 unspecified atom stereocenters. The highest BCUT2D eigenvalue weighted by Gasteiger charge is 2.13. The van der Waals surface area contributed by atoms with E-state index in [1.165, 1.54) is 6.20 Å². The standard InChI is InChI=1S/C12H11BrN4O3/c1-7-8(13)3-2-4-9(7)14-12(20)10-5-17(16-15-10)6-11(18)19/h2-5H,6H2,1H3,(H,14,20)(H,18,19). The predicted molar refractivity (Wildman–Crippen MR) is 74.5 cm³/mol. The van der Waals surface area contributed by atoms with Crippen LogP contribution in [0.1, 0.15) is 16.1 Å². The summed E-state index contributed by atoms with van der Waals surface area (Å²) in [6.07, 6.45) is 1.29. The third-order valence-corrected chi connectivity index (χ3v) is 3.44. The lowest BCUT2D eigenvalue weighted by Gasteiger charge is -2.07. The third kappa shape index (κ3) is 3.21. The number of carboxylic acids is 1. The first-order chi connectivity index (χ1) is 9.47. The molecule has 2 rings (SSSR count). The second-order valence-corrected chi connectivity index (χ2v) is 4.92. The molecule has 20 heavy (non-hydrogen) atoms. The number of anilines is 1. The van der Waals surface area contributed by atoms with Crippen molar-refractivity contribution in [1.82, 2.24) is 15.0 Å². The highest BCUT2D eigenvalue weighted by molar-refractivity contribution is 9.10. The molecule has 1 amide bonds. The van der Waals surface area contributed by atoms with Gasteiger partial charge in [0.15, 0.2) is 5.69 Å². The smallest absolute Gasteiger partial charge is 0.325 e.